The number of hydrogen-bond acceptors (Lipinski definition) is 5. The predicted octanol–water partition coefficient (Wildman–Crippen LogP) is 5.56. The molecule has 0 aliphatic rings. The molecule has 0 spiro atoms. The Morgan fingerprint density at radius 3 is 2.39 bits per heavy atom. The average Bonchev–Trinajstić information content (AvgIpc) is 3.21. The lowest BCUT2D eigenvalue weighted by atomic mass is 10.0. The molecular formula is C22H17N3O2S. The molecule has 28 heavy (non-hydrogen) atoms. The third-order valence-electron chi connectivity index (χ3n) is 4.10. The van der Waals surface area contributed by atoms with Gasteiger partial charge in [-0.15, -0.1) is 11.3 Å². The molecule has 4 aromatic rings. The number of carbonyl (C=O) groups is 1. The largest absolute Gasteiger partial charge is 0.424 e. The lowest BCUT2D eigenvalue weighted by molar-refractivity contribution is 0.103. The van der Waals surface area contributed by atoms with Crippen LogP contribution >= 0.6 is 11.3 Å². The Hall–Kier alpha value is -3.51. The number of ether oxygens (including phenoxy) is 1. The second kappa shape index (κ2) is 8.02. The molecule has 6 heteroatoms. The molecule has 5 nitrogen and oxygen atoms in total. The van der Waals surface area contributed by atoms with E-state index < -0.39 is 0 Å². The highest BCUT2D eigenvalue weighted by molar-refractivity contribution is 7.12. The Morgan fingerprint density at radius 2 is 1.68 bits per heavy atom. The van der Waals surface area contributed by atoms with Crippen molar-refractivity contribution in [2.24, 2.45) is 0 Å². The Balaban J connectivity index is 1.47. The summed E-state index contributed by atoms with van der Waals surface area (Å²) in [6, 6.07) is 19.2. The molecule has 0 saturated carbocycles. The van der Waals surface area contributed by atoms with Gasteiger partial charge in [0.25, 0.3) is 5.91 Å². The number of hydrogen-bond donors (Lipinski definition) is 1. The fraction of sp³-hybridized carbons (Fsp3) is 0.0455. The van der Waals surface area contributed by atoms with Gasteiger partial charge in [-0.05, 0) is 54.3 Å². The summed E-state index contributed by atoms with van der Waals surface area (Å²) in [5, 5.41) is 4.87. The molecule has 1 amide bonds. The minimum Gasteiger partial charge on any atom is -0.424 e. The van der Waals surface area contributed by atoms with Crippen LogP contribution in [0.1, 0.15) is 15.2 Å². The molecule has 0 aliphatic carbocycles. The molecule has 0 fully saturated rings. The van der Waals surface area contributed by atoms with E-state index in [1.165, 1.54) is 16.9 Å². The molecule has 0 saturated heterocycles. The summed E-state index contributed by atoms with van der Waals surface area (Å²) in [6.45, 7) is 2.04. The van der Waals surface area contributed by atoms with Gasteiger partial charge in [-0.3, -0.25) is 4.79 Å². The van der Waals surface area contributed by atoms with Crippen LogP contribution in [-0.2, 0) is 0 Å². The van der Waals surface area contributed by atoms with Gasteiger partial charge in [0.05, 0.1) is 4.88 Å². The van der Waals surface area contributed by atoms with E-state index in [9.17, 15) is 4.79 Å². The van der Waals surface area contributed by atoms with E-state index in [1.54, 1.807) is 42.7 Å². The first-order valence-electron chi connectivity index (χ1n) is 8.70. The highest BCUT2D eigenvalue weighted by atomic mass is 32.1. The Bertz CT molecular complexity index is 1070. The number of thiophene rings is 1. The van der Waals surface area contributed by atoms with Crippen molar-refractivity contribution in [2.75, 3.05) is 5.32 Å². The Labute approximate surface area is 166 Å². The highest BCUT2D eigenvalue weighted by Gasteiger charge is 2.15. The van der Waals surface area contributed by atoms with Crippen LogP contribution in [0.2, 0.25) is 0 Å². The number of aryl methyl sites for hydroxylation is 1. The second-order valence-electron chi connectivity index (χ2n) is 6.14. The number of amides is 1. The number of benzene rings is 2. The number of rotatable bonds is 5. The van der Waals surface area contributed by atoms with Crippen LogP contribution in [0, 0.1) is 6.92 Å². The van der Waals surface area contributed by atoms with Crippen LogP contribution in [0.5, 0.6) is 11.8 Å². The van der Waals surface area contributed by atoms with E-state index in [0.29, 0.717) is 16.3 Å². The smallest absolute Gasteiger partial charge is 0.321 e. The lowest BCUT2D eigenvalue weighted by Gasteiger charge is -2.08. The van der Waals surface area contributed by atoms with Crippen molar-refractivity contribution in [3.63, 3.8) is 0 Å². The maximum atomic E-state index is 12.8. The molecule has 0 radical (unpaired) electrons. The van der Waals surface area contributed by atoms with Crippen molar-refractivity contribution in [2.45, 2.75) is 6.92 Å². The first-order chi connectivity index (χ1) is 13.7. The summed E-state index contributed by atoms with van der Waals surface area (Å²) in [6.07, 6.45) is 3.23. The van der Waals surface area contributed by atoms with Gasteiger partial charge in [-0.25, -0.2) is 9.97 Å². The lowest BCUT2D eigenvalue weighted by Crippen LogP contribution is -2.11. The fourth-order valence-electron chi connectivity index (χ4n) is 2.68. The van der Waals surface area contributed by atoms with Crippen LogP contribution in [0.15, 0.2) is 78.4 Å². The van der Waals surface area contributed by atoms with Crippen LogP contribution < -0.4 is 10.1 Å². The van der Waals surface area contributed by atoms with Crippen molar-refractivity contribution in [1.82, 2.24) is 9.97 Å². The summed E-state index contributed by atoms with van der Waals surface area (Å²) < 4.78 is 5.56. The van der Waals surface area contributed by atoms with Gasteiger partial charge >= 0.3 is 6.01 Å². The van der Waals surface area contributed by atoms with E-state index in [4.69, 9.17) is 4.74 Å². The number of nitrogens with one attached hydrogen (secondary N) is 1. The van der Waals surface area contributed by atoms with Crippen LogP contribution in [-0.4, -0.2) is 15.9 Å². The summed E-state index contributed by atoms with van der Waals surface area (Å²) in [5.41, 5.74) is 3.84. The summed E-state index contributed by atoms with van der Waals surface area (Å²) in [7, 11) is 0. The van der Waals surface area contributed by atoms with Gasteiger partial charge < -0.3 is 10.1 Å². The van der Waals surface area contributed by atoms with Crippen molar-refractivity contribution >= 4 is 22.9 Å². The van der Waals surface area contributed by atoms with Gasteiger partial charge in [0.2, 0.25) is 0 Å². The average molecular weight is 387 g/mol. The Kier molecular flexibility index (Phi) is 5.12. The van der Waals surface area contributed by atoms with Crippen molar-refractivity contribution < 1.29 is 9.53 Å². The van der Waals surface area contributed by atoms with Gasteiger partial charge in [0.1, 0.15) is 5.75 Å². The predicted molar refractivity (Wildman–Crippen MR) is 111 cm³/mol. The minimum absolute atomic E-state index is 0.134. The molecular weight excluding hydrogens is 370 g/mol. The number of aromatic nitrogens is 2. The van der Waals surface area contributed by atoms with Crippen molar-refractivity contribution in [3.8, 4) is 22.9 Å². The zero-order valence-corrected chi connectivity index (χ0v) is 15.9. The molecule has 0 atom stereocenters. The zero-order valence-electron chi connectivity index (χ0n) is 15.1. The maximum absolute atomic E-state index is 12.8. The molecule has 138 valence electrons. The van der Waals surface area contributed by atoms with Crippen LogP contribution in [0.25, 0.3) is 11.1 Å². The molecule has 2 aromatic heterocycles. The number of anilines is 1. The summed E-state index contributed by atoms with van der Waals surface area (Å²) in [4.78, 5) is 21.5. The van der Waals surface area contributed by atoms with Gasteiger partial charge in [-0.1, -0.05) is 29.8 Å². The highest BCUT2D eigenvalue weighted by Crippen LogP contribution is 2.29. The van der Waals surface area contributed by atoms with E-state index in [0.717, 1.165) is 11.1 Å². The van der Waals surface area contributed by atoms with Crippen LogP contribution in [0.4, 0.5) is 5.69 Å². The van der Waals surface area contributed by atoms with E-state index in [-0.39, 0.29) is 11.9 Å². The third kappa shape index (κ3) is 4.07. The standard InChI is InChI=1S/C22H17N3O2S/c1-15-3-5-16(6-4-15)19-11-14-28-20(19)21(26)25-17-7-9-18(10-8-17)27-22-23-12-2-13-24-22/h2-14H,1H3,(H,25,26). The van der Waals surface area contributed by atoms with E-state index in [2.05, 4.69) is 15.3 Å². The first-order valence-corrected chi connectivity index (χ1v) is 9.58. The normalized spacial score (nSPS) is 10.5. The van der Waals surface area contributed by atoms with Gasteiger partial charge in [0.15, 0.2) is 0 Å². The molecule has 2 heterocycles. The van der Waals surface area contributed by atoms with Crippen molar-refractivity contribution in [3.05, 3.63) is 88.9 Å². The van der Waals surface area contributed by atoms with Crippen LogP contribution in [0.3, 0.4) is 0 Å². The Morgan fingerprint density at radius 1 is 0.964 bits per heavy atom. The number of carbonyl (C=O) groups excluding carboxylic acids is 1. The topological polar surface area (TPSA) is 64.1 Å². The maximum Gasteiger partial charge on any atom is 0.321 e. The number of nitrogens with zero attached hydrogens (tertiary/aromatic N) is 2. The quantitative estimate of drug-likeness (QED) is 0.487. The molecule has 0 bridgehead atoms. The zero-order chi connectivity index (χ0) is 19.3. The second-order valence-corrected chi connectivity index (χ2v) is 7.06. The van der Waals surface area contributed by atoms with E-state index >= 15 is 0 Å². The molecule has 2 aromatic carbocycles. The molecule has 0 aliphatic heterocycles. The van der Waals surface area contributed by atoms with Gasteiger partial charge in [0, 0.05) is 23.6 Å². The van der Waals surface area contributed by atoms with Crippen molar-refractivity contribution in [1.29, 1.82) is 0 Å². The van der Waals surface area contributed by atoms with E-state index in [1.807, 2.05) is 42.6 Å². The van der Waals surface area contributed by atoms with Gasteiger partial charge in [-0.2, -0.15) is 0 Å². The summed E-state index contributed by atoms with van der Waals surface area (Å²) in [5.74, 6) is 0.464. The monoisotopic (exact) mass is 387 g/mol. The molecule has 1 N–H and O–H groups in total. The fourth-order valence-corrected chi connectivity index (χ4v) is 3.49. The molecule has 0 unspecified atom stereocenters. The third-order valence-corrected chi connectivity index (χ3v) is 5.01. The minimum atomic E-state index is -0.134. The SMILES string of the molecule is Cc1ccc(-c2ccsc2C(=O)Nc2ccc(Oc3ncccn3)cc2)cc1. The first kappa shape index (κ1) is 17.9. The summed E-state index contributed by atoms with van der Waals surface area (Å²) >= 11 is 1.43. The molecule has 4 rings (SSSR count).